The van der Waals surface area contributed by atoms with Crippen molar-refractivity contribution in [3.8, 4) is 0 Å². The number of hydrogen-bond donors (Lipinski definition) is 1. The van der Waals surface area contributed by atoms with Crippen molar-refractivity contribution < 1.29 is 4.79 Å². The minimum atomic E-state index is 0.182. The number of carbonyl (C=O) groups excluding carboxylic acids is 1. The monoisotopic (exact) mass is 294 g/mol. The SMILES string of the molecule is O=C(NC1CC1)C1CCN(Cc2ccc3ccccc3c2)C1. The molecule has 1 amide bonds. The number of carbonyl (C=O) groups is 1. The Labute approximate surface area is 131 Å². The number of hydrogen-bond acceptors (Lipinski definition) is 2. The molecule has 0 bridgehead atoms. The van der Waals surface area contributed by atoms with Crippen molar-refractivity contribution in [2.24, 2.45) is 5.92 Å². The Morgan fingerprint density at radius 3 is 2.73 bits per heavy atom. The topological polar surface area (TPSA) is 32.3 Å². The minimum Gasteiger partial charge on any atom is -0.353 e. The zero-order chi connectivity index (χ0) is 14.9. The Kier molecular flexibility index (Phi) is 3.59. The fourth-order valence-corrected chi connectivity index (χ4v) is 3.33. The molecule has 1 unspecified atom stereocenters. The lowest BCUT2D eigenvalue weighted by Gasteiger charge is -2.16. The first-order valence-corrected chi connectivity index (χ1v) is 8.28. The number of nitrogens with one attached hydrogen (secondary N) is 1. The Hall–Kier alpha value is -1.87. The third-order valence-electron chi connectivity index (χ3n) is 4.79. The van der Waals surface area contributed by atoms with Crippen molar-refractivity contribution in [1.82, 2.24) is 10.2 Å². The van der Waals surface area contributed by atoms with E-state index in [1.807, 2.05) is 0 Å². The maximum atomic E-state index is 12.1. The molecular formula is C19H22N2O. The molecule has 2 aliphatic rings. The van der Waals surface area contributed by atoms with E-state index < -0.39 is 0 Å². The lowest BCUT2D eigenvalue weighted by molar-refractivity contribution is -0.124. The van der Waals surface area contributed by atoms with Gasteiger partial charge in [0.05, 0.1) is 5.92 Å². The Bertz CT molecular complexity index is 693. The predicted molar refractivity (Wildman–Crippen MR) is 88.5 cm³/mol. The van der Waals surface area contributed by atoms with Crippen LogP contribution in [0.5, 0.6) is 0 Å². The van der Waals surface area contributed by atoms with E-state index in [1.54, 1.807) is 0 Å². The van der Waals surface area contributed by atoms with E-state index in [-0.39, 0.29) is 11.8 Å². The molecule has 2 aromatic carbocycles. The summed E-state index contributed by atoms with van der Waals surface area (Å²) in [4.78, 5) is 14.5. The fourth-order valence-electron chi connectivity index (χ4n) is 3.33. The van der Waals surface area contributed by atoms with Gasteiger partial charge in [-0.05, 0) is 48.2 Å². The number of benzene rings is 2. The van der Waals surface area contributed by atoms with Crippen LogP contribution in [-0.4, -0.2) is 29.9 Å². The van der Waals surface area contributed by atoms with Crippen LogP contribution < -0.4 is 5.32 Å². The van der Waals surface area contributed by atoms with Crippen LogP contribution in [0.3, 0.4) is 0 Å². The van der Waals surface area contributed by atoms with Crippen molar-refractivity contribution in [3.63, 3.8) is 0 Å². The second kappa shape index (κ2) is 5.73. The first-order valence-electron chi connectivity index (χ1n) is 8.28. The van der Waals surface area contributed by atoms with Crippen LogP contribution in [-0.2, 0) is 11.3 Å². The quantitative estimate of drug-likeness (QED) is 0.940. The molecule has 0 radical (unpaired) electrons. The van der Waals surface area contributed by atoms with Crippen molar-refractivity contribution in [3.05, 3.63) is 48.0 Å². The van der Waals surface area contributed by atoms with Gasteiger partial charge in [-0.3, -0.25) is 9.69 Å². The molecule has 3 heteroatoms. The van der Waals surface area contributed by atoms with Gasteiger partial charge in [-0.2, -0.15) is 0 Å². The summed E-state index contributed by atoms with van der Waals surface area (Å²) in [5.41, 5.74) is 1.34. The molecule has 2 fully saturated rings. The summed E-state index contributed by atoms with van der Waals surface area (Å²) in [7, 11) is 0. The zero-order valence-corrected chi connectivity index (χ0v) is 12.8. The van der Waals surface area contributed by atoms with Gasteiger partial charge in [-0.1, -0.05) is 36.4 Å². The maximum absolute atomic E-state index is 12.1. The van der Waals surface area contributed by atoms with Crippen LogP contribution in [0.25, 0.3) is 10.8 Å². The van der Waals surface area contributed by atoms with Gasteiger partial charge in [-0.15, -0.1) is 0 Å². The summed E-state index contributed by atoms with van der Waals surface area (Å²) >= 11 is 0. The number of likely N-dealkylation sites (tertiary alicyclic amines) is 1. The van der Waals surface area contributed by atoms with Crippen LogP contribution >= 0.6 is 0 Å². The summed E-state index contributed by atoms with van der Waals surface area (Å²) in [5, 5.41) is 5.72. The fraction of sp³-hybridized carbons (Fsp3) is 0.421. The first-order chi connectivity index (χ1) is 10.8. The van der Waals surface area contributed by atoms with E-state index in [0.29, 0.717) is 6.04 Å². The summed E-state index contributed by atoms with van der Waals surface area (Å²) in [6.07, 6.45) is 3.32. The first kappa shape index (κ1) is 13.8. The predicted octanol–water partition coefficient (Wildman–Crippen LogP) is 2.94. The second-order valence-electron chi connectivity index (χ2n) is 6.69. The van der Waals surface area contributed by atoms with Crippen molar-refractivity contribution in [2.75, 3.05) is 13.1 Å². The van der Waals surface area contributed by atoms with Crippen molar-refractivity contribution in [2.45, 2.75) is 31.8 Å². The van der Waals surface area contributed by atoms with Crippen LogP contribution in [0.2, 0.25) is 0 Å². The van der Waals surface area contributed by atoms with Gasteiger partial charge in [-0.25, -0.2) is 0 Å². The summed E-state index contributed by atoms with van der Waals surface area (Å²) in [5.74, 6) is 0.449. The van der Waals surface area contributed by atoms with E-state index in [0.717, 1.165) is 26.1 Å². The molecule has 1 saturated heterocycles. The molecular weight excluding hydrogens is 272 g/mol. The number of rotatable bonds is 4. The highest BCUT2D eigenvalue weighted by atomic mass is 16.2. The number of fused-ring (bicyclic) bond motifs is 1. The molecule has 22 heavy (non-hydrogen) atoms. The molecule has 1 N–H and O–H groups in total. The number of nitrogens with zero attached hydrogens (tertiary/aromatic N) is 1. The molecule has 1 aliphatic carbocycles. The molecule has 0 aromatic heterocycles. The van der Waals surface area contributed by atoms with Crippen LogP contribution in [0, 0.1) is 5.92 Å². The normalized spacial score (nSPS) is 22.1. The molecule has 4 rings (SSSR count). The molecule has 3 nitrogen and oxygen atoms in total. The van der Waals surface area contributed by atoms with Gasteiger partial charge in [0.15, 0.2) is 0 Å². The lowest BCUT2D eigenvalue weighted by atomic mass is 10.1. The molecule has 0 spiro atoms. The van der Waals surface area contributed by atoms with Gasteiger partial charge in [0.1, 0.15) is 0 Å². The Morgan fingerprint density at radius 1 is 1.09 bits per heavy atom. The van der Waals surface area contributed by atoms with Gasteiger partial charge in [0.2, 0.25) is 5.91 Å². The summed E-state index contributed by atoms with van der Waals surface area (Å²) < 4.78 is 0. The zero-order valence-electron chi connectivity index (χ0n) is 12.8. The highest BCUT2D eigenvalue weighted by Gasteiger charge is 2.31. The van der Waals surface area contributed by atoms with Crippen LogP contribution in [0.15, 0.2) is 42.5 Å². The Morgan fingerprint density at radius 2 is 1.91 bits per heavy atom. The van der Waals surface area contributed by atoms with Gasteiger partial charge in [0.25, 0.3) is 0 Å². The Balaban J connectivity index is 1.39. The van der Waals surface area contributed by atoms with Gasteiger partial charge in [0, 0.05) is 19.1 Å². The third-order valence-corrected chi connectivity index (χ3v) is 4.79. The second-order valence-corrected chi connectivity index (χ2v) is 6.69. The van der Waals surface area contributed by atoms with Gasteiger partial charge < -0.3 is 5.32 Å². The van der Waals surface area contributed by atoms with E-state index in [1.165, 1.54) is 29.2 Å². The average Bonchev–Trinajstić information content (AvgIpc) is 3.22. The van der Waals surface area contributed by atoms with E-state index >= 15 is 0 Å². The maximum Gasteiger partial charge on any atom is 0.224 e. The van der Waals surface area contributed by atoms with Gasteiger partial charge >= 0.3 is 0 Å². The molecule has 2 aromatic rings. The van der Waals surface area contributed by atoms with E-state index in [2.05, 4.69) is 52.7 Å². The standard InChI is InChI=1S/C19H22N2O/c22-19(20-18-7-8-18)17-9-10-21(13-17)12-14-5-6-15-3-1-2-4-16(15)11-14/h1-6,11,17-18H,7-10,12-13H2,(H,20,22). The molecule has 1 saturated carbocycles. The number of amides is 1. The average molecular weight is 294 g/mol. The molecule has 114 valence electrons. The lowest BCUT2D eigenvalue weighted by Crippen LogP contribution is -2.34. The summed E-state index contributed by atoms with van der Waals surface area (Å²) in [6, 6.07) is 15.6. The largest absolute Gasteiger partial charge is 0.353 e. The minimum absolute atomic E-state index is 0.182. The van der Waals surface area contributed by atoms with E-state index in [9.17, 15) is 4.79 Å². The van der Waals surface area contributed by atoms with Crippen LogP contribution in [0.4, 0.5) is 0 Å². The molecule has 1 aliphatic heterocycles. The third kappa shape index (κ3) is 3.00. The highest BCUT2D eigenvalue weighted by molar-refractivity contribution is 5.83. The molecule has 1 atom stereocenters. The van der Waals surface area contributed by atoms with E-state index in [4.69, 9.17) is 0 Å². The summed E-state index contributed by atoms with van der Waals surface area (Å²) in [6.45, 7) is 2.86. The van der Waals surface area contributed by atoms with Crippen molar-refractivity contribution in [1.29, 1.82) is 0 Å². The van der Waals surface area contributed by atoms with Crippen LogP contribution in [0.1, 0.15) is 24.8 Å². The molecule has 1 heterocycles. The highest BCUT2D eigenvalue weighted by Crippen LogP contribution is 2.24. The smallest absolute Gasteiger partial charge is 0.224 e. The van der Waals surface area contributed by atoms with Crippen molar-refractivity contribution >= 4 is 16.7 Å².